The van der Waals surface area contributed by atoms with Crippen LogP contribution in [0.25, 0.3) is 0 Å². The van der Waals surface area contributed by atoms with Crippen molar-refractivity contribution in [1.82, 2.24) is 4.90 Å². The fourth-order valence-electron chi connectivity index (χ4n) is 1.93. The minimum Gasteiger partial charge on any atom is -0.469 e. The van der Waals surface area contributed by atoms with Crippen molar-refractivity contribution in [2.75, 3.05) is 12.8 Å². The smallest absolute Gasteiger partial charge is 0.105 e. The summed E-state index contributed by atoms with van der Waals surface area (Å²) in [6.45, 7) is 3.50. The highest BCUT2D eigenvalue weighted by molar-refractivity contribution is 6.31. The van der Waals surface area contributed by atoms with E-state index in [4.69, 9.17) is 21.8 Å². The minimum absolute atomic E-state index is 0.714. The van der Waals surface area contributed by atoms with Crippen LogP contribution in [0.1, 0.15) is 16.9 Å². The number of nitrogens with two attached hydrogens (primary N) is 1. The van der Waals surface area contributed by atoms with Crippen molar-refractivity contribution >= 4 is 17.3 Å². The molecular formula is C14H17ClN2O. The fourth-order valence-corrected chi connectivity index (χ4v) is 2.18. The lowest BCUT2D eigenvalue weighted by atomic mass is 10.1. The van der Waals surface area contributed by atoms with Crippen LogP contribution < -0.4 is 5.73 Å². The van der Waals surface area contributed by atoms with E-state index < -0.39 is 0 Å². The molecule has 18 heavy (non-hydrogen) atoms. The maximum absolute atomic E-state index is 6.16. The van der Waals surface area contributed by atoms with E-state index in [1.165, 1.54) is 5.56 Å². The van der Waals surface area contributed by atoms with Crippen LogP contribution >= 0.6 is 11.6 Å². The monoisotopic (exact) mass is 264 g/mol. The van der Waals surface area contributed by atoms with Gasteiger partial charge in [0.05, 0.1) is 6.26 Å². The standard InChI is InChI=1S/C14H17ClN2O/c1-10-11(6-7-18-10)8-17(2)9-12-13(15)4-3-5-14(12)16/h3-7H,8-9,16H2,1-2H3. The van der Waals surface area contributed by atoms with Crippen molar-refractivity contribution in [3.8, 4) is 0 Å². The Kier molecular flexibility index (Phi) is 3.94. The average Bonchev–Trinajstić information content (AvgIpc) is 2.70. The summed E-state index contributed by atoms with van der Waals surface area (Å²) in [7, 11) is 2.04. The summed E-state index contributed by atoms with van der Waals surface area (Å²) in [5, 5.41) is 0.714. The molecule has 96 valence electrons. The van der Waals surface area contributed by atoms with Crippen molar-refractivity contribution in [2.24, 2.45) is 0 Å². The first-order valence-electron chi connectivity index (χ1n) is 5.82. The summed E-state index contributed by atoms with van der Waals surface area (Å²) in [5.74, 6) is 0.953. The van der Waals surface area contributed by atoms with E-state index in [1.54, 1.807) is 6.26 Å². The van der Waals surface area contributed by atoms with Gasteiger partial charge in [-0.25, -0.2) is 0 Å². The van der Waals surface area contributed by atoms with Crippen LogP contribution in [0.15, 0.2) is 34.9 Å². The number of rotatable bonds is 4. The van der Waals surface area contributed by atoms with E-state index in [0.29, 0.717) is 5.02 Å². The Morgan fingerprint density at radius 1 is 1.28 bits per heavy atom. The molecule has 2 aromatic rings. The van der Waals surface area contributed by atoms with Gasteiger partial charge >= 0.3 is 0 Å². The van der Waals surface area contributed by atoms with Gasteiger partial charge in [0.2, 0.25) is 0 Å². The van der Waals surface area contributed by atoms with Gasteiger partial charge in [0.1, 0.15) is 5.76 Å². The second kappa shape index (κ2) is 5.46. The molecule has 0 saturated carbocycles. The molecule has 0 saturated heterocycles. The van der Waals surface area contributed by atoms with E-state index in [2.05, 4.69) is 4.90 Å². The highest BCUT2D eigenvalue weighted by Gasteiger charge is 2.10. The molecule has 0 atom stereocenters. The van der Waals surface area contributed by atoms with E-state index in [0.717, 1.165) is 30.1 Å². The molecule has 2 rings (SSSR count). The number of nitrogen functional groups attached to an aromatic ring is 1. The Morgan fingerprint density at radius 2 is 2.06 bits per heavy atom. The molecule has 1 aromatic heterocycles. The van der Waals surface area contributed by atoms with E-state index >= 15 is 0 Å². The maximum Gasteiger partial charge on any atom is 0.105 e. The molecule has 3 nitrogen and oxygen atoms in total. The van der Waals surface area contributed by atoms with Gasteiger partial charge in [-0.2, -0.15) is 0 Å². The summed E-state index contributed by atoms with van der Waals surface area (Å²) in [4.78, 5) is 2.16. The van der Waals surface area contributed by atoms with Crippen molar-refractivity contribution in [3.05, 3.63) is 52.4 Å². The molecule has 0 unspecified atom stereocenters. The van der Waals surface area contributed by atoms with E-state index in [1.807, 2.05) is 38.2 Å². The van der Waals surface area contributed by atoms with Gasteiger partial charge in [-0.1, -0.05) is 17.7 Å². The number of halogens is 1. The fraction of sp³-hybridized carbons (Fsp3) is 0.286. The zero-order chi connectivity index (χ0) is 13.1. The topological polar surface area (TPSA) is 42.4 Å². The Balaban J connectivity index is 2.08. The van der Waals surface area contributed by atoms with Crippen LogP contribution in [-0.4, -0.2) is 11.9 Å². The molecule has 4 heteroatoms. The van der Waals surface area contributed by atoms with Crippen LogP contribution in [-0.2, 0) is 13.1 Å². The first-order chi connectivity index (χ1) is 8.58. The molecular weight excluding hydrogens is 248 g/mol. The van der Waals surface area contributed by atoms with Crippen molar-refractivity contribution < 1.29 is 4.42 Å². The highest BCUT2D eigenvalue weighted by atomic mass is 35.5. The normalized spacial score (nSPS) is 11.1. The molecule has 1 heterocycles. The third kappa shape index (κ3) is 2.86. The number of furan rings is 1. The zero-order valence-electron chi connectivity index (χ0n) is 10.6. The molecule has 0 aliphatic heterocycles. The molecule has 1 aromatic carbocycles. The van der Waals surface area contributed by atoms with Crippen LogP contribution in [0.5, 0.6) is 0 Å². The van der Waals surface area contributed by atoms with Crippen LogP contribution in [0, 0.1) is 6.92 Å². The van der Waals surface area contributed by atoms with Gasteiger partial charge in [-0.15, -0.1) is 0 Å². The van der Waals surface area contributed by atoms with Gasteiger partial charge < -0.3 is 10.2 Å². The molecule has 0 bridgehead atoms. The second-order valence-electron chi connectivity index (χ2n) is 4.48. The van der Waals surface area contributed by atoms with Gasteiger partial charge in [0.25, 0.3) is 0 Å². The summed E-state index contributed by atoms with van der Waals surface area (Å²) >= 11 is 6.16. The number of hydrogen-bond donors (Lipinski definition) is 1. The lowest BCUT2D eigenvalue weighted by Crippen LogP contribution is -2.18. The Labute approximate surface area is 112 Å². The molecule has 0 spiro atoms. The summed E-state index contributed by atoms with van der Waals surface area (Å²) < 4.78 is 5.29. The predicted molar refractivity (Wildman–Crippen MR) is 74.5 cm³/mol. The predicted octanol–water partition coefficient (Wildman–Crippen LogP) is 3.46. The quantitative estimate of drug-likeness (QED) is 0.860. The third-order valence-corrected chi connectivity index (χ3v) is 3.34. The van der Waals surface area contributed by atoms with Crippen molar-refractivity contribution in [2.45, 2.75) is 20.0 Å². The van der Waals surface area contributed by atoms with Gasteiger partial charge in [-0.3, -0.25) is 4.90 Å². The maximum atomic E-state index is 6.16. The zero-order valence-corrected chi connectivity index (χ0v) is 11.4. The summed E-state index contributed by atoms with van der Waals surface area (Å²) in [6, 6.07) is 7.59. The number of anilines is 1. The molecule has 2 N–H and O–H groups in total. The summed E-state index contributed by atoms with van der Waals surface area (Å²) in [6.07, 6.45) is 1.71. The second-order valence-corrected chi connectivity index (χ2v) is 4.89. The Hall–Kier alpha value is -1.45. The van der Waals surface area contributed by atoms with Crippen LogP contribution in [0.3, 0.4) is 0 Å². The minimum atomic E-state index is 0.714. The Morgan fingerprint density at radius 3 is 2.67 bits per heavy atom. The van der Waals surface area contributed by atoms with Gasteiger partial charge in [0, 0.05) is 34.9 Å². The SMILES string of the molecule is Cc1occc1CN(C)Cc1c(N)cccc1Cl. The van der Waals surface area contributed by atoms with Gasteiger partial charge in [-0.05, 0) is 32.2 Å². The molecule has 0 aliphatic rings. The lowest BCUT2D eigenvalue weighted by molar-refractivity contribution is 0.317. The molecule has 0 fully saturated rings. The molecule has 0 aliphatic carbocycles. The van der Waals surface area contributed by atoms with Crippen LogP contribution in [0.2, 0.25) is 5.02 Å². The summed E-state index contributed by atoms with van der Waals surface area (Å²) in [5.41, 5.74) is 8.84. The molecule has 0 amide bonds. The van der Waals surface area contributed by atoms with Gasteiger partial charge in [0.15, 0.2) is 0 Å². The van der Waals surface area contributed by atoms with E-state index in [9.17, 15) is 0 Å². The van der Waals surface area contributed by atoms with E-state index in [-0.39, 0.29) is 0 Å². The first kappa shape index (κ1) is 13.0. The third-order valence-electron chi connectivity index (χ3n) is 2.99. The number of benzene rings is 1. The Bertz CT molecular complexity index is 516. The molecule has 0 radical (unpaired) electrons. The average molecular weight is 265 g/mol. The number of aryl methyl sites for hydroxylation is 1. The van der Waals surface area contributed by atoms with Crippen molar-refractivity contribution in [1.29, 1.82) is 0 Å². The van der Waals surface area contributed by atoms with Crippen LogP contribution in [0.4, 0.5) is 5.69 Å². The lowest BCUT2D eigenvalue weighted by Gasteiger charge is -2.18. The van der Waals surface area contributed by atoms with Crippen molar-refractivity contribution in [3.63, 3.8) is 0 Å². The number of nitrogens with zero attached hydrogens (tertiary/aromatic N) is 1. The highest BCUT2D eigenvalue weighted by Crippen LogP contribution is 2.24. The number of hydrogen-bond acceptors (Lipinski definition) is 3. The first-order valence-corrected chi connectivity index (χ1v) is 6.20. The largest absolute Gasteiger partial charge is 0.469 e.